The number of benzene rings is 1. The lowest BCUT2D eigenvalue weighted by Crippen LogP contribution is -2.30. The second-order valence-electron chi connectivity index (χ2n) is 4.46. The second-order valence-corrected chi connectivity index (χ2v) is 4.46. The highest BCUT2D eigenvalue weighted by Gasteiger charge is 2.14. The molecule has 1 saturated heterocycles. The Morgan fingerprint density at radius 3 is 2.76 bits per heavy atom. The van der Waals surface area contributed by atoms with Crippen LogP contribution in [0.5, 0.6) is 0 Å². The Bertz CT molecular complexity index is 383. The summed E-state index contributed by atoms with van der Waals surface area (Å²) in [6.07, 6.45) is 8.27. The fourth-order valence-corrected chi connectivity index (χ4v) is 2.11. The van der Waals surface area contributed by atoms with Crippen molar-refractivity contribution in [2.24, 2.45) is 0 Å². The van der Waals surface area contributed by atoms with E-state index in [2.05, 4.69) is 24.3 Å². The summed E-state index contributed by atoms with van der Waals surface area (Å²) in [7, 11) is 0. The van der Waals surface area contributed by atoms with Crippen LogP contribution in [-0.2, 0) is 4.79 Å². The number of hydrogen-bond acceptors (Lipinski definition) is 1. The first-order valence-corrected chi connectivity index (χ1v) is 6.35. The first-order valence-electron chi connectivity index (χ1n) is 6.35. The van der Waals surface area contributed by atoms with Crippen molar-refractivity contribution in [3.05, 3.63) is 42.0 Å². The zero-order chi connectivity index (χ0) is 11.9. The highest BCUT2D eigenvalue weighted by Crippen LogP contribution is 2.11. The molecule has 0 spiro atoms. The SMILES string of the molecule is O=C1CCCCCN1CC=Cc1ccccc1. The molecule has 0 radical (unpaired) electrons. The molecule has 0 N–H and O–H groups in total. The predicted molar refractivity (Wildman–Crippen MR) is 70.5 cm³/mol. The Labute approximate surface area is 103 Å². The van der Waals surface area contributed by atoms with Crippen LogP contribution < -0.4 is 0 Å². The van der Waals surface area contributed by atoms with Crippen LogP contribution in [0.15, 0.2) is 36.4 Å². The van der Waals surface area contributed by atoms with E-state index in [4.69, 9.17) is 0 Å². The smallest absolute Gasteiger partial charge is 0.222 e. The van der Waals surface area contributed by atoms with Gasteiger partial charge >= 0.3 is 0 Å². The molecule has 2 nitrogen and oxygen atoms in total. The summed E-state index contributed by atoms with van der Waals surface area (Å²) < 4.78 is 0. The van der Waals surface area contributed by atoms with Gasteiger partial charge in [-0.3, -0.25) is 4.79 Å². The topological polar surface area (TPSA) is 20.3 Å². The molecule has 1 aromatic carbocycles. The maximum atomic E-state index is 11.7. The van der Waals surface area contributed by atoms with Crippen molar-refractivity contribution >= 4 is 12.0 Å². The fourth-order valence-electron chi connectivity index (χ4n) is 2.11. The van der Waals surface area contributed by atoms with Crippen LogP contribution in [0.25, 0.3) is 6.08 Å². The molecule has 2 rings (SSSR count). The first kappa shape index (κ1) is 11.9. The van der Waals surface area contributed by atoms with Gasteiger partial charge < -0.3 is 4.90 Å². The second kappa shape index (κ2) is 6.24. The third-order valence-electron chi connectivity index (χ3n) is 3.11. The standard InChI is InChI=1S/C15H19NO/c17-15-11-5-2-6-12-16(15)13-7-10-14-8-3-1-4-9-14/h1,3-4,7-10H,2,5-6,11-13H2. The summed E-state index contributed by atoms with van der Waals surface area (Å²) in [5.41, 5.74) is 1.19. The van der Waals surface area contributed by atoms with Gasteiger partial charge in [-0.1, -0.05) is 48.9 Å². The van der Waals surface area contributed by atoms with Crippen molar-refractivity contribution in [3.8, 4) is 0 Å². The van der Waals surface area contributed by atoms with E-state index in [-0.39, 0.29) is 0 Å². The van der Waals surface area contributed by atoms with Gasteiger partial charge in [-0.15, -0.1) is 0 Å². The van der Waals surface area contributed by atoms with Crippen LogP contribution in [0, 0.1) is 0 Å². The van der Waals surface area contributed by atoms with Crippen LogP contribution in [0.1, 0.15) is 31.2 Å². The van der Waals surface area contributed by atoms with E-state index in [1.165, 1.54) is 12.0 Å². The van der Waals surface area contributed by atoms with Gasteiger partial charge in [0.05, 0.1) is 0 Å². The molecule has 1 aliphatic rings. The highest BCUT2D eigenvalue weighted by atomic mass is 16.2. The molecule has 90 valence electrons. The zero-order valence-corrected chi connectivity index (χ0v) is 10.1. The molecule has 1 fully saturated rings. The number of likely N-dealkylation sites (tertiary alicyclic amines) is 1. The minimum absolute atomic E-state index is 0.306. The van der Waals surface area contributed by atoms with E-state index in [1.807, 2.05) is 23.1 Å². The Morgan fingerprint density at radius 1 is 1.12 bits per heavy atom. The number of carbonyl (C=O) groups is 1. The largest absolute Gasteiger partial charge is 0.339 e. The maximum absolute atomic E-state index is 11.7. The molecule has 0 atom stereocenters. The van der Waals surface area contributed by atoms with Crippen molar-refractivity contribution in [2.75, 3.05) is 13.1 Å². The molecule has 1 aliphatic heterocycles. The van der Waals surface area contributed by atoms with E-state index < -0.39 is 0 Å². The average Bonchev–Trinajstić information content (AvgIpc) is 2.56. The van der Waals surface area contributed by atoms with Gasteiger partial charge in [-0.2, -0.15) is 0 Å². The van der Waals surface area contributed by atoms with Crippen molar-refractivity contribution in [1.82, 2.24) is 4.90 Å². The van der Waals surface area contributed by atoms with Crippen molar-refractivity contribution in [3.63, 3.8) is 0 Å². The van der Waals surface area contributed by atoms with Gasteiger partial charge in [0, 0.05) is 19.5 Å². The molecule has 0 aliphatic carbocycles. The molecular formula is C15H19NO. The molecule has 1 heterocycles. The first-order chi connectivity index (χ1) is 8.36. The van der Waals surface area contributed by atoms with Gasteiger partial charge in [0.15, 0.2) is 0 Å². The molecule has 2 heteroatoms. The summed E-state index contributed by atoms with van der Waals surface area (Å²) in [5, 5.41) is 0. The van der Waals surface area contributed by atoms with E-state index in [0.29, 0.717) is 5.91 Å². The van der Waals surface area contributed by atoms with Gasteiger partial charge in [-0.25, -0.2) is 0 Å². The summed E-state index contributed by atoms with van der Waals surface area (Å²) in [4.78, 5) is 13.7. The van der Waals surface area contributed by atoms with Crippen molar-refractivity contribution < 1.29 is 4.79 Å². The van der Waals surface area contributed by atoms with E-state index in [1.54, 1.807) is 0 Å². The Kier molecular flexibility index (Phi) is 4.37. The lowest BCUT2D eigenvalue weighted by Gasteiger charge is -2.18. The fraction of sp³-hybridized carbons (Fsp3) is 0.400. The molecule has 0 bridgehead atoms. The highest BCUT2D eigenvalue weighted by molar-refractivity contribution is 5.76. The lowest BCUT2D eigenvalue weighted by molar-refractivity contribution is -0.130. The van der Waals surface area contributed by atoms with Gasteiger partial charge in [-0.05, 0) is 18.4 Å². The number of carbonyl (C=O) groups excluding carboxylic acids is 1. The van der Waals surface area contributed by atoms with Crippen LogP contribution in [0.3, 0.4) is 0 Å². The molecular weight excluding hydrogens is 210 g/mol. The number of rotatable bonds is 3. The molecule has 0 aromatic heterocycles. The van der Waals surface area contributed by atoms with Crippen LogP contribution >= 0.6 is 0 Å². The summed E-state index contributed by atoms with van der Waals surface area (Å²) >= 11 is 0. The predicted octanol–water partition coefficient (Wildman–Crippen LogP) is 3.10. The lowest BCUT2D eigenvalue weighted by atomic mass is 10.2. The quantitative estimate of drug-likeness (QED) is 0.780. The molecule has 1 amide bonds. The average molecular weight is 229 g/mol. The van der Waals surface area contributed by atoms with Crippen molar-refractivity contribution in [2.45, 2.75) is 25.7 Å². The monoisotopic (exact) mass is 229 g/mol. The van der Waals surface area contributed by atoms with E-state index in [9.17, 15) is 4.79 Å². The normalized spacial score (nSPS) is 17.4. The van der Waals surface area contributed by atoms with Crippen molar-refractivity contribution in [1.29, 1.82) is 0 Å². The van der Waals surface area contributed by atoms with Crippen LogP contribution in [-0.4, -0.2) is 23.9 Å². The Balaban J connectivity index is 1.88. The van der Waals surface area contributed by atoms with Gasteiger partial charge in [0.25, 0.3) is 0 Å². The summed E-state index contributed by atoms with van der Waals surface area (Å²) in [6.45, 7) is 1.66. The maximum Gasteiger partial charge on any atom is 0.222 e. The van der Waals surface area contributed by atoms with Crippen LogP contribution in [0.4, 0.5) is 0 Å². The van der Waals surface area contributed by atoms with E-state index in [0.717, 1.165) is 32.4 Å². The minimum Gasteiger partial charge on any atom is -0.339 e. The third kappa shape index (κ3) is 3.74. The number of amides is 1. The third-order valence-corrected chi connectivity index (χ3v) is 3.11. The zero-order valence-electron chi connectivity index (χ0n) is 10.1. The van der Waals surface area contributed by atoms with Crippen LogP contribution in [0.2, 0.25) is 0 Å². The summed E-state index contributed by atoms with van der Waals surface area (Å²) in [6, 6.07) is 10.2. The molecule has 17 heavy (non-hydrogen) atoms. The Hall–Kier alpha value is -1.57. The van der Waals surface area contributed by atoms with E-state index >= 15 is 0 Å². The van der Waals surface area contributed by atoms with Gasteiger partial charge in [0.2, 0.25) is 5.91 Å². The van der Waals surface area contributed by atoms with Gasteiger partial charge in [0.1, 0.15) is 0 Å². The summed E-state index contributed by atoms with van der Waals surface area (Å²) in [5.74, 6) is 0.306. The Morgan fingerprint density at radius 2 is 1.94 bits per heavy atom. The number of nitrogens with zero attached hydrogens (tertiary/aromatic N) is 1. The molecule has 0 saturated carbocycles. The molecule has 1 aromatic rings. The molecule has 0 unspecified atom stereocenters. The minimum atomic E-state index is 0.306. The number of hydrogen-bond donors (Lipinski definition) is 0.